The van der Waals surface area contributed by atoms with Crippen LogP contribution in [0.3, 0.4) is 0 Å². The summed E-state index contributed by atoms with van der Waals surface area (Å²) in [6, 6.07) is 0. The molecule has 0 fully saturated rings. The summed E-state index contributed by atoms with van der Waals surface area (Å²) >= 11 is 0. The molecule has 3 heteroatoms. The molecule has 0 bridgehead atoms. The first-order valence-electron chi connectivity index (χ1n) is 3.92. The third-order valence-corrected chi connectivity index (χ3v) is 0.786. The molecule has 0 atom stereocenters. The van der Waals surface area contributed by atoms with Gasteiger partial charge in [0.2, 0.25) is 0 Å². The summed E-state index contributed by atoms with van der Waals surface area (Å²) in [5, 5.41) is 2.60. The van der Waals surface area contributed by atoms with E-state index in [1.165, 1.54) is 0 Å². The first-order valence-corrected chi connectivity index (χ1v) is 3.92. The van der Waals surface area contributed by atoms with Crippen LogP contribution in [0.15, 0.2) is 30.5 Å². The lowest BCUT2D eigenvalue weighted by Crippen LogP contribution is -1.87. The molecule has 0 N–H and O–H groups in total. The molecule has 0 aromatic carbocycles. The van der Waals surface area contributed by atoms with Gasteiger partial charge in [0.15, 0.2) is 0 Å². The first-order chi connectivity index (χ1) is 5.83. The van der Waals surface area contributed by atoms with Crippen molar-refractivity contribution in [3.8, 4) is 0 Å². The van der Waals surface area contributed by atoms with E-state index in [2.05, 4.69) is 18.3 Å². The Morgan fingerprint density at radius 3 is 2.00 bits per heavy atom. The molecule has 0 rings (SSSR count). The molecule has 0 aromatic rings. The Labute approximate surface area is 74.1 Å². The van der Waals surface area contributed by atoms with Crippen molar-refractivity contribution < 1.29 is 4.74 Å². The summed E-state index contributed by atoms with van der Waals surface area (Å²) in [5.41, 5.74) is 0. The van der Waals surface area contributed by atoms with E-state index in [4.69, 9.17) is 9.64 Å². The Hall–Kier alpha value is -0.960. The highest BCUT2D eigenvalue weighted by molar-refractivity contribution is 4.68. The minimum Gasteiger partial charge on any atom is -0.373 e. The fourth-order valence-corrected chi connectivity index (χ4v) is 0.326. The van der Waals surface area contributed by atoms with Gasteiger partial charge in [-0.05, 0) is 6.42 Å². The largest absolute Gasteiger partial charge is 0.373 e. The zero-order valence-electron chi connectivity index (χ0n) is 7.66. The first kappa shape index (κ1) is 13.6. The molecule has 0 unspecified atom stereocenters. The second-order valence-corrected chi connectivity index (χ2v) is 1.97. The molecule has 0 aromatic heterocycles. The molecule has 0 spiro atoms. The summed E-state index contributed by atoms with van der Waals surface area (Å²) in [6.07, 6.45) is 4.29. The summed E-state index contributed by atoms with van der Waals surface area (Å²) in [7, 11) is 0. The van der Waals surface area contributed by atoms with Gasteiger partial charge in [-0.25, -0.2) is 0 Å². The van der Waals surface area contributed by atoms with Gasteiger partial charge in [-0.3, -0.25) is 0 Å². The molecule has 12 heavy (non-hydrogen) atoms. The van der Waals surface area contributed by atoms with Crippen LogP contribution in [0.4, 0.5) is 0 Å². The second kappa shape index (κ2) is 16.6. The van der Waals surface area contributed by atoms with E-state index in [0.29, 0.717) is 19.8 Å². The van der Waals surface area contributed by atoms with E-state index >= 15 is 0 Å². The van der Waals surface area contributed by atoms with Crippen LogP contribution in [0.25, 0.3) is 0 Å². The Bertz CT molecular complexity index is 105. The van der Waals surface area contributed by atoms with Gasteiger partial charge in [-0.2, -0.15) is 4.91 Å². The molecule has 3 nitrogen and oxygen atoms in total. The lowest BCUT2D eigenvalue weighted by Gasteiger charge is -1.89. The summed E-state index contributed by atoms with van der Waals surface area (Å²) in [4.78, 5) is 9.15. The number of rotatable bonds is 6. The van der Waals surface area contributed by atoms with E-state index in [1.54, 1.807) is 12.2 Å². The second-order valence-electron chi connectivity index (χ2n) is 1.97. The van der Waals surface area contributed by atoms with Crippen LogP contribution in [-0.4, -0.2) is 19.8 Å². The van der Waals surface area contributed by atoms with Gasteiger partial charge >= 0.3 is 0 Å². The number of nitroso groups, excluding NO2 is 1. The molecule has 0 aliphatic heterocycles. The third-order valence-electron chi connectivity index (χ3n) is 0.786. The van der Waals surface area contributed by atoms with Crippen molar-refractivity contribution in [3.63, 3.8) is 0 Å². The van der Waals surface area contributed by atoms with Crippen LogP contribution in [-0.2, 0) is 4.74 Å². The molecular formula is C9H17NO2. The maximum Gasteiger partial charge on any atom is 0.0808 e. The number of nitrogens with zero attached hydrogens (tertiary/aromatic N) is 1. The molecule has 0 heterocycles. The molecule has 0 saturated carbocycles. The smallest absolute Gasteiger partial charge is 0.0808 e. The lowest BCUT2D eigenvalue weighted by atomic mass is 10.5. The summed E-state index contributed by atoms with van der Waals surface area (Å²) in [6.45, 7) is 10.6. The topological polar surface area (TPSA) is 38.7 Å². The molecule has 0 saturated heterocycles. The van der Waals surface area contributed by atoms with Crippen LogP contribution in [0.2, 0.25) is 0 Å². The molecule has 0 aliphatic rings. The lowest BCUT2D eigenvalue weighted by molar-refractivity contribution is 0.194. The van der Waals surface area contributed by atoms with Gasteiger partial charge in [-0.15, -0.1) is 13.2 Å². The minimum atomic E-state index is 0.458. The zero-order chi connectivity index (χ0) is 9.66. The van der Waals surface area contributed by atoms with Crippen LogP contribution < -0.4 is 0 Å². The highest BCUT2D eigenvalue weighted by Crippen LogP contribution is 1.72. The fourth-order valence-electron chi connectivity index (χ4n) is 0.326. The van der Waals surface area contributed by atoms with Gasteiger partial charge in [0.25, 0.3) is 0 Å². The van der Waals surface area contributed by atoms with Gasteiger partial charge in [-0.1, -0.05) is 24.3 Å². The molecule has 70 valence electrons. The summed E-state index contributed by atoms with van der Waals surface area (Å²) in [5.74, 6) is 0. The quantitative estimate of drug-likeness (QED) is 0.350. The van der Waals surface area contributed by atoms with Crippen molar-refractivity contribution in [1.82, 2.24) is 0 Å². The number of ether oxygens (including phenoxy) is 1. The van der Waals surface area contributed by atoms with E-state index in [-0.39, 0.29) is 0 Å². The van der Waals surface area contributed by atoms with Crippen molar-refractivity contribution in [2.24, 2.45) is 5.18 Å². The molecular weight excluding hydrogens is 154 g/mol. The minimum absolute atomic E-state index is 0.458. The van der Waals surface area contributed by atoms with Gasteiger partial charge in [0.05, 0.1) is 19.8 Å². The van der Waals surface area contributed by atoms with E-state index in [0.717, 1.165) is 6.42 Å². The molecule has 0 amide bonds. The standard InChI is InChI=1S/C6H10O.C3H7NO/c1-3-5-7-6-4-2;1-2-3-4-5/h3-4H,1-2,5-6H2;2-3H2,1H3. The van der Waals surface area contributed by atoms with Crippen LogP contribution in [0, 0.1) is 4.91 Å². The van der Waals surface area contributed by atoms with E-state index in [1.807, 2.05) is 6.92 Å². The van der Waals surface area contributed by atoms with Gasteiger partial charge in [0.1, 0.15) is 0 Å². The van der Waals surface area contributed by atoms with E-state index in [9.17, 15) is 0 Å². The predicted molar refractivity (Wildman–Crippen MR) is 52.2 cm³/mol. The Balaban J connectivity index is 0. The van der Waals surface area contributed by atoms with Crippen molar-refractivity contribution in [2.75, 3.05) is 19.8 Å². The normalized spacial score (nSPS) is 7.75. The maximum atomic E-state index is 9.15. The highest BCUT2D eigenvalue weighted by atomic mass is 16.5. The van der Waals surface area contributed by atoms with Gasteiger partial charge < -0.3 is 4.74 Å². The monoisotopic (exact) mass is 171 g/mol. The highest BCUT2D eigenvalue weighted by Gasteiger charge is 1.70. The SMILES string of the molecule is C=CCOCC=C.CCCN=O. The maximum absolute atomic E-state index is 9.15. The fraction of sp³-hybridized carbons (Fsp3) is 0.556. The van der Waals surface area contributed by atoms with Crippen molar-refractivity contribution >= 4 is 0 Å². The van der Waals surface area contributed by atoms with Crippen LogP contribution in [0.5, 0.6) is 0 Å². The zero-order valence-corrected chi connectivity index (χ0v) is 7.66. The van der Waals surface area contributed by atoms with Crippen molar-refractivity contribution in [2.45, 2.75) is 13.3 Å². The third kappa shape index (κ3) is 23.0. The van der Waals surface area contributed by atoms with Gasteiger partial charge in [0, 0.05) is 0 Å². The number of hydrogen-bond donors (Lipinski definition) is 0. The predicted octanol–water partition coefficient (Wildman–Crippen LogP) is 2.54. The molecule has 0 radical (unpaired) electrons. The Morgan fingerprint density at radius 2 is 1.83 bits per heavy atom. The van der Waals surface area contributed by atoms with Crippen molar-refractivity contribution in [3.05, 3.63) is 30.2 Å². The Kier molecular flexibility index (Phi) is 18.8. The van der Waals surface area contributed by atoms with Crippen molar-refractivity contribution in [1.29, 1.82) is 0 Å². The summed E-state index contributed by atoms with van der Waals surface area (Å²) < 4.78 is 4.90. The van der Waals surface area contributed by atoms with E-state index < -0.39 is 0 Å². The average Bonchev–Trinajstić information content (AvgIpc) is 2.08. The molecule has 0 aliphatic carbocycles. The average molecular weight is 171 g/mol. The van der Waals surface area contributed by atoms with Crippen LogP contribution in [0.1, 0.15) is 13.3 Å². The van der Waals surface area contributed by atoms with Crippen LogP contribution >= 0.6 is 0 Å². The number of hydrogen-bond acceptors (Lipinski definition) is 3. The Morgan fingerprint density at radius 1 is 1.33 bits per heavy atom.